The first-order valence-corrected chi connectivity index (χ1v) is 13.8. The molecule has 42 heavy (non-hydrogen) atoms. The van der Waals surface area contributed by atoms with E-state index in [1.165, 1.54) is 0 Å². The predicted octanol–water partition coefficient (Wildman–Crippen LogP) is 1.16. The van der Waals surface area contributed by atoms with Crippen LogP contribution in [-0.4, -0.2) is 74.6 Å². The number of hydroxylamine groups is 1. The number of rotatable bonds is 15. The van der Waals surface area contributed by atoms with Gasteiger partial charge in [-0.2, -0.15) is 13.2 Å². The van der Waals surface area contributed by atoms with Gasteiger partial charge in [0.25, 0.3) is 0 Å². The van der Waals surface area contributed by atoms with E-state index in [2.05, 4.69) is 10.2 Å². The van der Waals surface area contributed by atoms with E-state index < -0.39 is 41.4 Å². The van der Waals surface area contributed by atoms with E-state index in [4.69, 9.17) is 21.9 Å². The Kier molecular flexibility index (Phi) is 11.5. The number of hydrogen-bond acceptors (Lipinski definition) is 9. The fraction of sp³-hybridized carbons (Fsp3) is 0.500. The van der Waals surface area contributed by atoms with E-state index >= 15 is 0 Å². The molecule has 2 aromatic rings. The smallest absolute Gasteiger partial charge is 0.416 e. The van der Waals surface area contributed by atoms with Crippen LogP contribution in [-0.2, 0) is 26.0 Å². The summed E-state index contributed by atoms with van der Waals surface area (Å²) >= 11 is 0. The molecule has 0 saturated heterocycles. The number of carbonyl (C=O) groups excluding carboxylic acids is 2. The summed E-state index contributed by atoms with van der Waals surface area (Å²) in [6.07, 6.45) is -3.29. The third-order valence-electron chi connectivity index (χ3n) is 7.28. The summed E-state index contributed by atoms with van der Waals surface area (Å²) in [6.45, 7) is 6.61. The highest BCUT2D eigenvalue weighted by Crippen LogP contribution is 2.34. The van der Waals surface area contributed by atoms with Crippen LogP contribution >= 0.6 is 0 Å². The molecule has 229 valence electrons. The maximum atomic E-state index is 13.2. The lowest BCUT2D eigenvalue weighted by Gasteiger charge is -2.33. The van der Waals surface area contributed by atoms with Gasteiger partial charge < -0.3 is 36.9 Å². The number of anilines is 1. The van der Waals surface area contributed by atoms with Gasteiger partial charge in [0, 0.05) is 26.2 Å². The average Bonchev–Trinajstić information content (AvgIpc) is 3.25. The van der Waals surface area contributed by atoms with Crippen LogP contribution in [0.1, 0.15) is 49.4 Å². The minimum atomic E-state index is -4.58. The fourth-order valence-corrected chi connectivity index (χ4v) is 4.97. The van der Waals surface area contributed by atoms with Gasteiger partial charge in [-0.25, -0.2) is 5.06 Å². The molecule has 0 aliphatic carbocycles. The number of nitrogens with two attached hydrogens (primary N) is 3. The lowest BCUT2D eigenvalue weighted by Crippen LogP contribution is -2.51. The Morgan fingerprint density at radius 3 is 2.33 bits per heavy atom. The highest BCUT2D eigenvalue weighted by Gasteiger charge is 2.36. The maximum absolute atomic E-state index is 13.2. The van der Waals surface area contributed by atoms with Crippen molar-refractivity contribution in [1.82, 2.24) is 10.2 Å². The number of carbonyl (C=O) groups is 2. The van der Waals surface area contributed by atoms with E-state index in [1.54, 1.807) is 25.7 Å². The zero-order valence-electron chi connectivity index (χ0n) is 23.8. The first kappa shape index (κ1) is 33.5. The number of halogens is 3. The van der Waals surface area contributed by atoms with Crippen LogP contribution in [0, 0.1) is 0 Å². The van der Waals surface area contributed by atoms with Crippen molar-refractivity contribution in [2.24, 2.45) is 17.2 Å². The monoisotopic (exact) mass is 591 g/mol. The molecule has 1 radical (unpaired) electrons. The van der Waals surface area contributed by atoms with Crippen molar-refractivity contribution in [2.75, 3.05) is 37.8 Å². The zero-order valence-corrected chi connectivity index (χ0v) is 23.8. The average molecular weight is 591 g/mol. The highest BCUT2D eigenvalue weighted by atomic mass is 19.4. The Bertz CT molecular complexity index is 1200. The minimum Gasteiger partial charge on any atom is -0.426 e. The van der Waals surface area contributed by atoms with Gasteiger partial charge in [0.15, 0.2) is 0 Å². The number of fused-ring (bicyclic) bond motifs is 1. The van der Waals surface area contributed by atoms with E-state index in [-0.39, 0.29) is 11.3 Å². The second-order valence-electron chi connectivity index (χ2n) is 10.8. The van der Waals surface area contributed by atoms with Crippen molar-refractivity contribution in [1.29, 1.82) is 0 Å². The first-order valence-electron chi connectivity index (χ1n) is 13.8. The summed E-state index contributed by atoms with van der Waals surface area (Å²) in [7, 11) is 1.54. The number of benzene rings is 2. The van der Waals surface area contributed by atoms with Gasteiger partial charge in [-0.3, -0.25) is 10.0 Å². The van der Waals surface area contributed by atoms with Gasteiger partial charge in [0.05, 0.1) is 22.9 Å². The number of amides is 1. The van der Waals surface area contributed by atoms with Crippen LogP contribution in [0.4, 0.5) is 18.9 Å². The SMILES string of the molecule is CC1(C)O[B]c2cc(N(O)[C@@H](c3ccc(C(F)(F)F)cc3)C(C=O)NC(=O)[C@@H](N)CCCN(CCN)CCN)ccc21. The van der Waals surface area contributed by atoms with Crippen molar-refractivity contribution in [3.63, 3.8) is 0 Å². The summed E-state index contributed by atoms with van der Waals surface area (Å²) < 4.78 is 45.4. The molecule has 1 aliphatic rings. The zero-order chi connectivity index (χ0) is 31.1. The van der Waals surface area contributed by atoms with E-state index in [0.29, 0.717) is 57.3 Å². The molecule has 14 heteroatoms. The molecule has 8 N–H and O–H groups in total. The Labute approximate surface area is 244 Å². The quantitative estimate of drug-likeness (QED) is 0.116. The summed E-state index contributed by atoms with van der Waals surface area (Å²) in [5.41, 5.74) is 17.9. The van der Waals surface area contributed by atoms with E-state index in [0.717, 1.165) is 34.9 Å². The molecule has 0 aromatic heterocycles. The maximum Gasteiger partial charge on any atom is 0.416 e. The number of nitrogens with zero attached hydrogens (tertiary/aromatic N) is 2. The summed E-state index contributed by atoms with van der Waals surface area (Å²) in [5.74, 6) is -0.640. The van der Waals surface area contributed by atoms with E-state index in [1.807, 2.05) is 13.8 Å². The van der Waals surface area contributed by atoms with Gasteiger partial charge in [0.2, 0.25) is 5.91 Å². The van der Waals surface area contributed by atoms with Crippen molar-refractivity contribution in [3.8, 4) is 0 Å². The third-order valence-corrected chi connectivity index (χ3v) is 7.28. The molecule has 3 atom stereocenters. The minimum absolute atomic E-state index is 0.164. The third kappa shape index (κ3) is 8.30. The van der Waals surface area contributed by atoms with Crippen molar-refractivity contribution in [3.05, 3.63) is 59.2 Å². The van der Waals surface area contributed by atoms with Gasteiger partial charge >= 0.3 is 13.7 Å². The van der Waals surface area contributed by atoms with Crippen LogP contribution < -0.4 is 33.0 Å². The van der Waals surface area contributed by atoms with Gasteiger partial charge in [-0.1, -0.05) is 18.2 Å². The van der Waals surface area contributed by atoms with Crippen molar-refractivity contribution < 1.29 is 32.6 Å². The molecule has 1 unspecified atom stereocenters. The molecule has 0 saturated carbocycles. The second kappa shape index (κ2) is 14.4. The Balaban J connectivity index is 1.84. The van der Waals surface area contributed by atoms with Crippen molar-refractivity contribution in [2.45, 2.75) is 56.6 Å². The van der Waals surface area contributed by atoms with Gasteiger partial charge in [0.1, 0.15) is 18.4 Å². The molecule has 0 fully saturated rings. The highest BCUT2D eigenvalue weighted by molar-refractivity contribution is 6.49. The second-order valence-corrected chi connectivity index (χ2v) is 10.8. The molecular formula is C28H39BF3N6O4. The molecule has 1 aliphatic heterocycles. The molecule has 10 nitrogen and oxygen atoms in total. The molecule has 0 spiro atoms. The Morgan fingerprint density at radius 1 is 1.12 bits per heavy atom. The van der Waals surface area contributed by atoms with Gasteiger partial charge in [-0.15, -0.1) is 0 Å². The van der Waals surface area contributed by atoms with Crippen LogP contribution in [0.3, 0.4) is 0 Å². The van der Waals surface area contributed by atoms with Crippen LogP contribution in [0.15, 0.2) is 42.5 Å². The van der Waals surface area contributed by atoms with Crippen LogP contribution in [0.2, 0.25) is 0 Å². The first-order chi connectivity index (χ1) is 19.8. The number of alkyl halides is 3. The molecular weight excluding hydrogens is 552 g/mol. The summed E-state index contributed by atoms with van der Waals surface area (Å²) in [6, 6.07) is 5.40. The molecule has 1 heterocycles. The number of nitrogens with one attached hydrogen (secondary N) is 1. The lowest BCUT2D eigenvalue weighted by molar-refractivity contribution is -0.137. The predicted molar refractivity (Wildman–Crippen MR) is 154 cm³/mol. The number of hydrogen-bond donors (Lipinski definition) is 5. The topological polar surface area (TPSA) is 160 Å². The van der Waals surface area contributed by atoms with Crippen LogP contribution in [0.5, 0.6) is 0 Å². The largest absolute Gasteiger partial charge is 0.426 e. The van der Waals surface area contributed by atoms with Gasteiger partial charge in [-0.05, 0) is 74.1 Å². The van der Waals surface area contributed by atoms with Crippen LogP contribution in [0.25, 0.3) is 0 Å². The molecule has 2 aromatic carbocycles. The standard InChI is InChI=1S/C28H39BF3N6O4/c1-27(2)21-10-9-20(16-22(21)29-42-27)38(41)25(18-5-7-19(8-6-18)28(30,31)32)24(17-39)36-26(40)23(35)4-3-13-37(14-11-33)15-12-34/h5-10,16-17,23-25,41H,3-4,11-15,33-35H2,1-2H3,(H,36,40)/t23-,24?,25-/m0/s1. The Morgan fingerprint density at radius 2 is 1.76 bits per heavy atom. The number of aldehydes is 1. The van der Waals surface area contributed by atoms with Crippen molar-refractivity contribution >= 4 is 30.8 Å². The molecule has 1 amide bonds. The summed E-state index contributed by atoms with van der Waals surface area (Å²) in [5, 5.41) is 14.7. The molecule has 0 bridgehead atoms. The van der Waals surface area contributed by atoms with E-state index in [9.17, 15) is 28.0 Å². The normalized spacial score (nSPS) is 16.3. The lowest BCUT2D eigenvalue weighted by atomic mass is 9.84. The fourth-order valence-electron chi connectivity index (χ4n) is 4.97. The molecule has 3 rings (SSSR count). The Hall–Kier alpha value is -3.01. The summed E-state index contributed by atoms with van der Waals surface area (Å²) in [4.78, 5) is 27.4.